The van der Waals surface area contributed by atoms with Crippen molar-refractivity contribution in [2.24, 2.45) is 17.3 Å². The normalized spacial score (nSPS) is 19.6. The van der Waals surface area contributed by atoms with Crippen LogP contribution in [0.25, 0.3) is 0 Å². The molecule has 5 nitrogen and oxygen atoms in total. The summed E-state index contributed by atoms with van der Waals surface area (Å²) >= 11 is 0. The van der Waals surface area contributed by atoms with Crippen LogP contribution in [0.1, 0.15) is 41.0 Å². The van der Waals surface area contributed by atoms with Gasteiger partial charge in [-0.2, -0.15) is 0 Å². The number of carbonyl (C=O) groups is 3. The van der Waals surface area contributed by atoms with Crippen molar-refractivity contribution < 1.29 is 19.1 Å². The molecule has 1 aliphatic heterocycles. The van der Waals surface area contributed by atoms with Crippen LogP contribution in [0, 0.1) is 17.3 Å². The molecule has 1 amide bonds. The van der Waals surface area contributed by atoms with Crippen molar-refractivity contribution in [3.05, 3.63) is 0 Å². The molecule has 1 unspecified atom stereocenters. The maximum atomic E-state index is 12.3. The molecule has 114 valence electrons. The van der Waals surface area contributed by atoms with Crippen molar-refractivity contribution in [3.8, 4) is 0 Å². The first-order valence-electron chi connectivity index (χ1n) is 7.18. The Labute approximate surface area is 120 Å². The van der Waals surface area contributed by atoms with Gasteiger partial charge in [-0.3, -0.25) is 14.4 Å². The Bertz CT molecular complexity index is 401. The van der Waals surface area contributed by atoms with Crippen LogP contribution in [0.3, 0.4) is 0 Å². The van der Waals surface area contributed by atoms with Crippen molar-refractivity contribution in [2.45, 2.75) is 41.0 Å². The van der Waals surface area contributed by atoms with Gasteiger partial charge in [0.2, 0.25) is 5.91 Å². The van der Waals surface area contributed by atoms with Gasteiger partial charge in [-0.15, -0.1) is 0 Å². The van der Waals surface area contributed by atoms with Gasteiger partial charge in [0, 0.05) is 13.0 Å². The fraction of sp³-hybridized carbons (Fsp3) is 0.800. The summed E-state index contributed by atoms with van der Waals surface area (Å²) in [5.41, 5.74) is -1.20. The molecule has 0 N–H and O–H groups in total. The topological polar surface area (TPSA) is 63.7 Å². The zero-order valence-electron chi connectivity index (χ0n) is 13.1. The fourth-order valence-corrected chi connectivity index (χ4v) is 2.20. The van der Waals surface area contributed by atoms with Crippen molar-refractivity contribution >= 4 is 17.7 Å². The maximum absolute atomic E-state index is 12.3. The Morgan fingerprint density at radius 2 is 2.00 bits per heavy atom. The lowest BCUT2D eigenvalue weighted by Gasteiger charge is -2.24. The molecule has 1 fully saturated rings. The molecule has 0 aromatic carbocycles. The molecule has 1 rings (SSSR count). The van der Waals surface area contributed by atoms with E-state index in [1.54, 1.807) is 25.7 Å². The monoisotopic (exact) mass is 283 g/mol. The third-order valence-corrected chi connectivity index (χ3v) is 4.00. The molecule has 0 spiro atoms. The minimum absolute atomic E-state index is 0.00305. The summed E-state index contributed by atoms with van der Waals surface area (Å²) in [6.07, 6.45) is 0.491. The summed E-state index contributed by atoms with van der Waals surface area (Å²) in [5.74, 6) is -0.0967. The van der Waals surface area contributed by atoms with E-state index in [1.807, 2.05) is 0 Å². The van der Waals surface area contributed by atoms with E-state index in [9.17, 15) is 14.4 Å². The molecule has 1 saturated heterocycles. The molecule has 0 aromatic rings. The number of esters is 1. The quantitative estimate of drug-likeness (QED) is 0.549. The predicted octanol–water partition coefficient (Wildman–Crippen LogP) is 1.65. The Kier molecular flexibility index (Phi) is 5.31. The molecule has 0 saturated carbocycles. The van der Waals surface area contributed by atoms with E-state index < -0.39 is 11.4 Å². The zero-order chi connectivity index (χ0) is 15.5. The average Bonchev–Trinajstić information content (AvgIpc) is 2.71. The maximum Gasteiger partial charge on any atom is 0.319 e. The molecular formula is C15H25NO4. The number of hydrogen-bond acceptors (Lipinski definition) is 4. The minimum atomic E-state index is -1.20. The van der Waals surface area contributed by atoms with Gasteiger partial charge in [0.15, 0.2) is 5.78 Å². The second-order valence-electron chi connectivity index (χ2n) is 6.25. The van der Waals surface area contributed by atoms with Crippen molar-refractivity contribution in [1.29, 1.82) is 0 Å². The zero-order valence-corrected chi connectivity index (χ0v) is 13.1. The standard InChI is InChI=1S/C15H25NO4/c1-6-20-14(19)15(4,5)12(17)9-16-8-11(10(2)3)7-13(16)18/h10-11H,6-9H2,1-5H3. The number of ketones is 1. The Hall–Kier alpha value is -1.39. The minimum Gasteiger partial charge on any atom is -0.465 e. The predicted molar refractivity (Wildman–Crippen MR) is 74.9 cm³/mol. The Balaban J connectivity index is 2.67. The van der Waals surface area contributed by atoms with E-state index in [1.165, 1.54) is 0 Å². The number of rotatable bonds is 6. The number of carbonyl (C=O) groups excluding carboxylic acids is 3. The van der Waals surface area contributed by atoms with E-state index in [2.05, 4.69) is 13.8 Å². The first kappa shape index (κ1) is 16.7. The highest BCUT2D eigenvalue weighted by Crippen LogP contribution is 2.26. The molecule has 1 atom stereocenters. The van der Waals surface area contributed by atoms with Gasteiger partial charge in [0.25, 0.3) is 0 Å². The van der Waals surface area contributed by atoms with E-state index in [0.29, 0.717) is 24.8 Å². The number of likely N-dealkylation sites (tertiary alicyclic amines) is 1. The van der Waals surface area contributed by atoms with Gasteiger partial charge in [-0.05, 0) is 32.6 Å². The van der Waals surface area contributed by atoms with Crippen LogP contribution < -0.4 is 0 Å². The third-order valence-electron chi connectivity index (χ3n) is 4.00. The smallest absolute Gasteiger partial charge is 0.319 e. The highest BCUT2D eigenvalue weighted by atomic mass is 16.5. The van der Waals surface area contributed by atoms with Crippen LogP contribution in [-0.2, 0) is 19.1 Å². The lowest BCUT2D eigenvalue weighted by molar-refractivity contribution is -0.158. The van der Waals surface area contributed by atoms with Crippen LogP contribution in [-0.4, -0.2) is 42.3 Å². The van der Waals surface area contributed by atoms with Gasteiger partial charge in [-0.1, -0.05) is 13.8 Å². The molecular weight excluding hydrogens is 258 g/mol. The lowest BCUT2D eigenvalue weighted by Crippen LogP contribution is -2.43. The first-order chi connectivity index (χ1) is 9.20. The second kappa shape index (κ2) is 6.37. The number of hydrogen-bond donors (Lipinski definition) is 0. The third kappa shape index (κ3) is 3.58. The lowest BCUT2D eigenvalue weighted by atomic mass is 9.88. The summed E-state index contributed by atoms with van der Waals surface area (Å²) < 4.78 is 4.92. The van der Waals surface area contributed by atoms with Crippen LogP contribution in [0.5, 0.6) is 0 Å². The number of ether oxygens (including phenoxy) is 1. The highest BCUT2D eigenvalue weighted by molar-refractivity contribution is 6.04. The molecule has 0 radical (unpaired) electrons. The van der Waals surface area contributed by atoms with Gasteiger partial charge in [0.05, 0.1) is 13.2 Å². The van der Waals surface area contributed by atoms with Crippen molar-refractivity contribution in [3.63, 3.8) is 0 Å². The van der Waals surface area contributed by atoms with Crippen LogP contribution in [0.15, 0.2) is 0 Å². The van der Waals surface area contributed by atoms with Crippen LogP contribution >= 0.6 is 0 Å². The average molecular weight is 283 g/mol. The molecule has 5 heteroatoms. The summed E-state index contributed by atoms with van der Waals surface area (Å²) in [6.45, 7) is 9.79. The number of amides is 1. The largest absolute Gasteiger partial charge is 0.465 e. The summed E-state index contributed by atoms with van der Waals surface area (Å²) in [7, 11) is 0. The van der Waals surface area contributed by atoms with E-state index >= 15 is 0 Å². The second-order valence-corrected chi connectivity index (χ2v) is 6.25. The molecule has 0 bridgehead atoms. The van der Waals surface area contributed by atoms with Gasteiger partial charge in [0.1, 0.15) is 5.41 Å². The van der Waals surface area contributed by atoms with Crippen molar-refractivity contribution in [2.75, 3.05) is 19.7 Å². The summed E-state index contributed by atoms with van der Waals surface area (Å²) in [6, 6.07) is 0. The molecule has 0 aliphatic carbocycles. The number of Topliss-reactive ketones (excluding diaryl/α,β-unsaturated/α-hetero) is 1. The Morgan fingerprint density at radius 1 is 1.40 bits per heavy atom. The summed E-state index contributed by atoms with van der Waals surface area (Å²) in [4.78, 5) is 37.5. The SMILES string of the molecule is CCOC(=O)C(C)(C)C(=O)CN1CC(C(C)C)CC1=O. The van der Waals surface area contributed by atoms with E-state index in [4.69, 9.17) is 4.74 Å². The van der Waals surface area contributed by atoms with Gasteiger partial charge >= 0.3 is 5.97 Å². The Morgan fingerprint density at radius 3 is 2.45 bits per heavy atom. The van der Waals surface area contributed by atoms with Crippen LogP contribution in [0.2, 0.25) is 0 Å². The van der Waals surface area contributed by atoms with Crippen LogP contribution in [0.4, 0.5) is 0 Å². The highest BCUT2D eigenvalue weighted by Gasteiger charge is 2.40. The fourth-order valence-electron chi connectivity index (χ4n) is 2.20. The van der Waals surface area contributed by atoms with Gasteiger partial charge < -0.3 is 9.64 Å². The molecule has 1 heterocycles. The van der Waals surface area contributed by atoms with Crippen molar-refractivity contribution in [1.82, 2.24) is 4.90 Å². The van der Waals surface area contributed by atoms with E-state index in [-0.39, 0.29) is 24.8 Å². The first-order valence-corrected chi connectivity index (χ1v) is 7.18. The molecule has 0 aromatic heterocycles. The number of nitrogens with zero attached hydrogens (tertiary/aromatic N) is 1. The molecule has 1 aliphatic rings. The van der Waals surface area contributed by atoms with Gasteiger partial charge in [-0.25, -0.2) is 0 Å². The van der Waals surface area contributed by atoms with E-state index in [0.717, 1.165) is 0 Å². The molecule has 20 heavy (non-hydrogen) atoms. The summed E-state index contributed by atoms with van der Waals surface area (Å²) in [5, 5.41) is 0.